The van der Waals surface area contributed by atoms with Crippen molar-refractivity contribution in [2.75, 3.05) is 11.9 Å². The summed E-state index contributed by atoms with van der Waals surface area (Å²) in [7, 11) is 1.73. The summed E-state index contributed by atoms with van der Waals surface area (Å²) in [5.74, 6) is 0.742. The molecule has 1 aliphatic rings. The van der Waals surface area contributed by atoms with Crippen molar-refractivity contribution >= 4 is 11.6 Å². The summed E-state index contributed by atoms with van der Waals surface area (Å²) in [6.45, 7) is 6.43. The maximum Gasteiger partial charge on any atom is 0.406 e. The Morgan fingerprint density at radius 1 is 1.38 bits per heavy atom. The second kappa shape index (κ2) is 5.29. The van der Waals surface area contributed by atoms with Gasteiger partial charge in [-0.15, -0.1) is 0 Å². The number of nitro groups is 1. The summed E-state index contributed by atoms with van der Waals surface area (Å²) in [5, 5.41) is 24.7. The lowest BCUT2D eigenvalue weighted by molar-refractivity contribution is -0.388. The highest BCUT2D eigenvalue weighted by Crippen LogP contribution is 2.40. The molecule has 118 valence electrons. The predicted octanol–water partition coefficient (Wildman–Crippen LogP) is 2.38. The highest BCUT2D eigenvalue weighted by molar-refractivity contribution is 5.53. The topological polar surface area (TPSA) is 93.2 Å². The van der Waals surface area contributed by atoms with Gasteiger partial charge in [-0.25, -0.2) is 0 Å². The fourth-order valence-electron chi connectivity index (χ4n) is 2.74. The summed E-state index contributed by atoms with van der Waals surface area (Å²) in [5.41, 5.74) is -0.539. The van der Waals surface area contributed by atoms with E-state index >= 15 is 0 Å². The van der Waals surface area contributed by atoms with E-state index < -0.39 is 10.5 Å². The van der Waals surface area contributed by atoms with E-state index in [1.54, 1.807) is 18.5 Å². The molecule has 0 aromatic carbocycles. The number of aryl methyl sites for hydroxylation is 1. The molecule has 0 aliphatic heterocycles. The Bertz CT molecular complexity index is 541. The number of aliphatic hydroxyl groups is 1. The van der Waals surface area contributed by atoms with Crippen LogP contribution in [0.4, 0.5) is 11.6 Å². The number of hydrogen-bond acceptors (Lipinski definition) is 5. The molecular weight excluding hydrogens is 272 g/mol. The Morgan fingerprint density at radius 3 is 2.48 bits per heavy atom. The Kier molecular flexibility index (Phi) is 3.97. The van der Waals surface area contributed by atoms with Crippen LogP contribution < -0.4 is 5.32 Å². The first-order chi connectivity index (χ1) is 9.64. The van der Waals surface area contributed by atoms with Crippen LogP contribution in [0.25, 0.3) is 0 Å². The van der Waals surface area contributed by atoms with Crippen LogP contribution in [0.5, 0.6) is 0 Å². The standard InChI is InChI=1S/C14H24N4O3/c1-10-16-12(18(20)21)11(17(10)4)15-9-14(19)7-5-13(2,3)6-8-14/h15,19H,5-9H2,1-4H3. The summed E-state index contributed by atoms with van der Waals surface area (Å²) >= 11 is 0. The fraction of sp³-hybridized carbons (Fsp3) is 0.786. The molecule has 0 saturated heterocycles. The van der Waals surface area contributed by atoms with Gasteiger partial charge in [-0.1, -0.05) is 13.8 Å². The molecular formula is C14H24N4O3. The monoisotopic (exact) mass is 296 g/mol. The molecule has 0 bridgehead atoms. The summed E-state index contributed by atoms with van der Waals surface area (Å²) in [6.07, 6.45) is 3.32. The lowest BCUT2D eigenvalue weighted by Crippen LogP contribution is -2.42. The number of rotatable bonds is 4. The maximum absolute atomic E-state index is 11.0. The van der Waals surface area contributed by atoms with Gasteiger partial charge in [0.1, 0.15) is 0 Å². The molecule has 0 amide bonds. The van der Waals surface area contributed by atoms with Gasteiger partial charge in [0.2, 0.25) is 11.6 Å². The van der Waals surface area contributed by atoms with Crippen LogP contribution in [0.1, 0.15) is 45.4 Å². The van der Waals surface area contributed by atoms with Gasteiger partial charge in [-0.05, 0) is 41.0 Å². The van der Waals surface area contributed by atoms with Gasteiger partial charge in [0.25, 0.3) is 0 Å². The van der Waals surface area contributed by atoms with Crippen LogP contribution in [-0.2, 0) is 7.05 Å². The molecule has 1 heterocycles. The van der Waals surface area contributed by atoms with E-state index in [1.165, 1.54) is 0 Å². The van der Waals surface area contributed by atoms with E-state index in [0.29, 0.717) is 31.0 Å². The largest absolute Gasteiger partial charge is 0.406 e. The van der Waals surface area contributed by atoms with Crippen LogP contribution in [0.15, 0.2) is 0 Å². The average molecular weight is 296 g/mol. The maximum atomic E-state index is 11.0. The van der Waals surface area contributed by atoms with Crippen LogP contribution in [0.2, 0.25) is 0 Å². The number of nitrogens with zero attached hydrogens (tertiary/aromatic N) is 3. The molecule has 2 N–H and O–H groups in total. The van der Waals surface area contributed by atoms with E-state index in [0.717, 1.165) is 12.8 Å². The third kappa shape index (κ3) is 3.34. The number of nitrogens with one attached hydrogen (secondary N) is 1. The summed E-state index contributed by atoms with van der Waals surface area (Å²) in [6, 6.07) is 0. The van der Waals surface area contributed by atoms with Gasteiger partial charge in [0.15, 0.2) is 0 Å². The average Bonchev–Trinajstić information content (AvgIpc) is 2.68. The zero-order valence-electron chi connectivity index (χ0n) is 13.1. The molecule has 0 radical (unpaired) electrons. The van der Waals surface area contributed by atoms with E-state index in [1.807, 2.05) is 0 Å². The quantitative estimate of drug-likeness (QED) is 0.657. The van der Waals surface area contributed by atoms with Crippen molar-refractivity contribution in [1.29, 1.82) is 0 Å². The zero-order valence-corrected chi connectivity index (χ0v) is 13.1. The molecule has 0 spiro atoms. The van der Waals surface area contributed by atoms with Gasteiger partial charge in [0, 0.05) is 20.5 Å². The van der Waals surface area contributed by atoms with E-state index in [4.69, 9.17) is 0 Å². The molecule has 1 aliphatic carbocycles. The second-order valence-electron chi connectivity index (χ2n) is 6.89. The first kappa shape index (κ1) is 15.8. The Hall–Kier alpha value is -1.63. The fourth-order valence-corrected chi connectivity index (χ4v) is 2.74. The summed E-state index contributed by atoms with van der Waals surface area (Å²) < 4.78 is 1.65. The van der Waals surface area contributed by atoms with Gasteiger partial charge >= 0.3 is 5.82 Å². The van der Waals surface area contributed by atoms with Crippen molar-refractivity contribution in [2.45, 2.75) is 52.1 Å². The molecule has 0 atom stereocenters. The number of imidazole rings is 1. The lowest BCUT2D eigenvalue weighted by atomic mass is 9.71. The third-order valence-corrected chi connectivity index (χ3v) is 4.59. The molecule has 1 aromatic heterocycles. The zero-order chi connectivity index (χ0) is 15.8. The van der Waals surface area contributed by atoms with Crippen molar-refractivity contribution in [2.24, 2.45) is 12.5 Å². The molecule has 21 heavy (non-hydrogen) atoms. The first-order valence-electron chi connectivity index (χ1n) is 7.28. The van der Waals surface area contributed by atoms with Gasteiger partial charge < -0.3 is 20.5 Å². The van der Waals surface area contributed by atoms with E-state index in [-0.39, 0.29) is 11.2 Å². The van der Waals surface area contributed by atoms with Gasteiger partial charge in [-0.2, -0.15) is 0 Å². The molecule has 2 rings (SSSR count). The van der Waals surface area contributed by atoms with Crippen LogP contribution in [0.3, 0.4) is 0 Å². The van der Waals surface area contributed by atoms with E-state index in [2.05, 4.69) is 24.1 Å². The minimum atomic E-state index is -0.804. The number of aromatic nitrogens is 2. The van der Waals surface area contributed by atoms with Crippen molar-refractivity contribution in [3.63, 3.8) is 0 Å². The second-order valence-corrected chi connectivity index (χ2v) is 6.89. The van der Waals surface area contributed by atoms with Crippen molar-refractivity contribution < 1.29 is 10.0 Å². The SMILES string of the molecule is Cc1nc([N+](=O)[O-])c(NCC2(O)CCC(C)(C)CC2)n1C. The Morgan fingerprint density at radius 2 is 1.95 bits per heavy atom. The minimum Gasteiger partial charge on any atom is -0.388 e. The highest BCUT2D eigenvalue weighted by Gasteiger charge is 2.37. The van der Waals surface area contributed by atoms with Gasteiger partial charge in [0.05, 0.1) is 5.60 Å². The van der Waals surface area contributed by atoms with Gasteiger partial charge in [-0.3, -0.25) is 4.57 Å². The number of hydrogen-bond donors (Lipinski definition) is 2. The third-order valence-electron chi connectivity index (χ3n) is 4.59. The Labute approximate surface area is 124 Å². The van der Waals surface area contributed by atoms with Crippen LogP contribution in [0, 0.1) is 22.5 Å². The molecule has 0 unspecified atom stereocenters. The molecule has 1 saturated carbocycles. The van der Waals surface area contributed by atoms with Crippen molar-refractivity contribution in [3.05, 3.63) is 15.9 Å². The highest BCUT2D eigenvalue weighted by atomic mass is 16.6. The predicted molar refractivity (Wildman–Crippen MR) is 80.3 cm³/mol. The first-order valence-corrected chi connectivity index (χ1v) is 7.28. The Balaban J connectivity index is 2.08. The normalized spacial score (nSPS) is 20.2. The molecule has 1 fully saturated rings. The van der Waals surface area contributed by atoms with E-state index in [9.17, 15) is 15.2 Å². The van der Waals surface area contributed by atoms with Crippen molar-refractivity contribution in [3.8, 4) is 0 Å². The van der Waals surface area contributed by atoms with Crippen molar-refractivity contribution in [1.82, 2.24) is 9.55 Å². The smallest absolute Gasteiger partial charge is 0.388 e. The molecule has 7 nitrogen and oxygen atoms in total. The minimum absolute atomic E-state index is 0.185. The lowest BCUT2D eigenvalue weighted by Gasteiger charge is -2.40. The van der Waals surface area contributed by atoms with Crippen LogP contribution >= 0.6 is 0 Å². The summed E-state index contributed by atoms with van der Waals surface area (Å²) in [4.78, 5) is 14.5. The van der Waals surface area contributed by atoms with Crippen LogP contribution in [-0.4, -0.2) is 31.7 Å². The molecule has 7 heteroatoms. The molecule has 1 aromatic rings. The number of anilines is 1.